The highest BCUT2D eigenvalue weighted by atomic mass is 32.2. The minimum absolute atomic E-state index is 0.00323. The monoisotopic (exact) mass is 554 g/mol. The molecule has 9 nitrogen and oxygen atoms in total. The van der Waals surface area contributed by atoms with Crippen molar-refractivity contribution in [2.24, 2.45) is 17.8 Å². The van der Waals surface area contributed by atoms with Crippen molar-refractivity contribution in [2.75, 3.05) is 12.3 Å². The van der Waals surface area contributed by atoms with Crippen molar-refractivity contribution in [2.45, 2.75) is 50.7 Å². The van der Waals surface area contributed by atoms with Gasteiger partial charge in [0.2, 0.25) is 5.88 Å². The number of rotatable bonds is 9. The van der Waals surface area contributed by atoms with Gasteiger partial charge >= 0.3 is 0 Å². The smallest absolute Gasteiger partial charge is 0.281 e. The molecule has 0 spiro atoms. The van der Waals surface area contributed by atoms with Gasteiger partial charge in [0.1, 0.15) is 29.1 Å². The Labute approximate surface area is 227 Å². The number of nitrogen functional groups attached to an aromatic ring is 1. The summed E-state index contributed by atoms with van der Waals surface area (Å²) in [5.74, 6) is 0.117. The maximum atomic E-state index is 14.5. The molecule has 2 unspecified atom stereocenters. The second-order valence-corrected chi connectivity index (χ2v) is 12.2. The lowest BCUT2D eigenvalue weighted by Gasteiger charge is -2.24. The van der Waals surface area contributed by atoms with Crippen LogP contribution in [0.2, 0.25) is 0 Å². The lowest BCUT2D eigenvalue weighted by Crippen LogP contribution is -2.32. The Morgan fingerprint density at radius 3 is 2.64 bits per heavy atom. The summed E-state index contributed by atoms with van der Waals surface area (Å²) in [6, 6.07) is 11.4. The molecular weight excluding hydrogens is 523 g/mol. The van der Waals surface area contributed by atoms with Crippen molar-refractivity contribution >= 4 is 21.7 Å². The summed E-state index contributed by atoms with van der Waals surface area (Å²) >= 11 is 0. The number of sulfonamides is 1. The fraction of sp³-hybridized carbons (Fsp3) is 0.393. The molecule has 5 rings (SSSR count). The summed E-state index contributed by atoms with van der Waals surface area (Å²) in [6.45, 7) is 4.41. The third-order valence-electron chi connectivity index (χ3n) is 7.04. The van der Waals surface area contributed by atoms with E-state index in [-0.39, 0.29) is 34.3 Å². The molecule has 0 aliphatic heterocycles. The van der Waals surface area contributed by atoms with E-state index in [2.05, 4.69) is 9.97 Å². The number of carbonyl (C=O) groups excluding carboxylic acids is 1. The zero-order chi connectivity index (χ0) is 27.7. The van der Waals surface area contributed by atoms with E-state index in [1.54, 1.807) is 6.07 Å². The molecule has 0 saturated heterocycles. The SMILES string of the molecule is CC(C)COc1cc(F)cc(-c2ccc(C(=O)NS(=O)(=O)c3cccc(N)n3)c(O[C@@H]3CC4CCC3C4)n2)c1. The van der Waals surface area contributed by atoms with Crippen molar-refractivity contribution in [3.63, 3.8) is 0 Å². The highest BCUT2D eigenvalue weighted by molar-refractivity contribution is 7.90. The number of hydrogen-bond donors (Lipinski definition) is 2. The number of nitrogens with one attached hydrogen (secondary N) is 1. The van der Waals surface area contributed by atoms with Gasteiger partial charge < -0.3 is 15.2 Å². The first-order valence-corrected chi connectivity index (χ1v) is 14.5. The number of fused-ring (bicyclic) bond motifs is 2. The van der Waals surface area contributed by atoms with Crippen LogP contribution in [0.25, 0.3) is 11.3 Å². The number of halogens is 1. The van der Waals surface area contributed by atoms with Gasteiger partial charge in [-0.2, -0.15) is 8.42 Å². The van der Waals surface area contributed by atoms with Crippen LogP contribution in [0.15, 0.2) is 53.6 Å². The molecule has 2 aromatic heterocycles. The number of nitrogens with two attached hydrogens (primary N) is 1. The molecule has 2 heterocycles. The first-order chi connectivity index (χ1) is 18.6. The second kappa shape index (κ2) is 10.8. The van der Waals surface area contributed by atoms with E-state index in [1.165, 1.54) is 42.5 Å². The van der Waals surface area contributed by atoms with Crippen LogP contribution < -0.4 is 19.9 Å². The Hall–Kier alpha value is -3.73. The molecule has 1 amide bonds. The average Bonchev–Trinajstić information content (AvgIpc) is 3.50. The van der Waals surface area contributed by atoms with Crippen molar-refractivity contribution in [1.82, 2.24) is 14.7 Å². The van der Waals surface area contributed by atoms with E-state index in [0.717, 1.165) is 25.7 Å². The van der Waals surface area contributed by atoms with Crippen LogP contribution in [0, 0.1) is 23.6 Å². The van der Waals surface area contributed by atoms with Crippen molar-refractivity contribution in [1.29, 1.82) is 0 Å². The Morgan fingerprint density at radius 2 is 1.95 bits per heavy atom. The number of nitrogens with zero attached hydrogens (tertiary/aromatic N) is 2. The Morgan fingerprint density at radius 1 is 1.13 bits per heavy atom. The Kier molecular flexibility index (Phi) is 7.44. The molecule has 206 valence electrons. The van der Waals surface area contributed by atoms with Gasteiger partial charge in [0.05, 0.1) is 12.3 Å². The minimum Gasteiger partial charge on any atom is -0.493 e. The number of carbonyl (C=O) groups is 1. The van der Waals surface area contributed by atoms with Crippen LogP contribution >= 0.6 is 0 Å². The minimum atomic E-state index is -4.31. The van der Waals surface area contributed by atoms with E-state index >= 15 is 0 Å². The number of ether oxygens (including phenoxy) is 2. The number of hydrogen-bond acceptors (Lipinski definition) is 8. The van der Waals surface area contributed by atoms with Gasteiger partial charge in [0, 0.05) is 11.6 Å². The molecule has 3 atom stereocenters. The van der Waals surface area contributed by atoms with Crippen molar-refractivity contribution < 1.29 is 27.1 Å². The highest BCUT2D eigenvalue weighted by Gasteiger charge is 2.41. The lowest BCUT2D eigenvalue weighted by atomic mass is 9.98. The quantitative estimate of drug-likeness (QED) is 0.393. The molecule has 11 heteroatoms. The number of aromatic nitrogens is 2. The van der Waals surface area contributed by atoms with Crippen LogP contribution in [0.3, 0.4) is 0 Å². The zero-order valence-corrected chi connectivity index (χ0v) is 22.6. The largest absolute Gasteiger partial charge is 0.493 e. The number of pyridine rings is 2. The van der Waals surface area contributed by atoms with E-state index in [9.17, 15) is 17.6 Å². The van der Waals surface area contributed by atoms with Crippen molar-refractivity contribution in [3.05, 3.63) is 59.9 Å². The highest BCUT2D eigenvalue weighted by Crippen LogP contribution is 2.46. The summed E-state index contributed by atoms with van der Waals surface area (Å²) in [7, 11) is -4.31. The molecular formula is C28H31FN4O5S. The van der Waals surface area contributed by atoms with E-state index < -0.39 is 21.7 Å². The normalized spacial score (nSPS) is 20.3. The number of amides is 1. The second-order valence-electron chi connectivity index (χ2n) is 10.6. The summed E-state index contributed by atoms with van der Waals surface area (Å²) in [6.07, 6.45) is 3.95. The first-order valence-electron chi connectivity index (χ1n) is 13.0. The molecule has 1 aromatic carbocycles. The standard InChI is InChI=1S/C28H31FN4O5S/c1-16(2)15-37-21-13-19(12-20(29)14-21)23-9-8-22(28(31-23)38-24-11-17-6-7-18(24)10-17)27(34)33-39(35,36)26-5-3-4-25(30)32-26/h3-5,8-9,12-14,16-18,24H,6-7,10-11,15H2,1-2H3,(H2,30,32)(H,33,34)/t17?,18?,24-/m1/s1. The molecule has 3 N–H and O–H groups in total. The molecule has 3 aromatic rings. The van der Waals surface area contributed by atoms with Crippen LogP contribution in [-0.2, 0) is 10.0 Å². The van der Waals surface area contributed by atoms with Gasteiger partial charge in [-0.15, -0.1) is 0 Å². The van der Waals surface area contributed by atoms with Crippen molar-refractivity contribution in [3.8, 4) is 22.9 Å². The third-order valence-corrected chi connectivity index (χ3v) is 8.27. The van der Waals surface area contributed by atoms with Gasteiger partial charge in [-0.1, -0.05) is 19.9 Å². The van der Waals surface area contributed by atoms with E-state index in [0.29, 0.717) is 35.4 Å². The predicted octanol–water partition coefficient (Wildman–Crippen LogP) is 4.59. The van der Waals surface area contributed by atoms with Gasteiger partial charge in [-0.25, -0.2) is 19.1 Å². The van der Waals surface area contributed by atoms with E-state index in [4.69, 9.17) is 15.2 Å². The third kappa shape index (κ3) is 6.13. The number of anilines is 1. The van der Waals surface area contributed by atoms with Crippen LogP contribution in [0.4, 0.5) is 10.2 Å². The summed E-state index contributed by atoms with van der Waals surface area (Å²) in [4.78, 5) is 21.6. The fourth-order valence-corrected chi connectivity index (χ4v) is 6.15. The zero-order valence-electron chi connectivity index (χ0n) is 21.8. The predicted molar refractivity (Wildman–Crippen MR) is 143 cm³/mol. The van der Waals surface area contributed by atoms with Crippen LogP contribution in [0.5, 0.6) is 11.6 Å². The van der Waals surface area contributed by atoms with E-state index in [1.807, 2.05) is 18.6 Å². The molecule has 39 heavy (non-hydrogen) atoms. The molecule has 2 fully saturated rings. The Balaban J connectivity index is 1.47. The first kappa shape index (κ1) is 26.9. The molecule has 0 radical (unpaired) electrons. The van der Waals surface area contributed by atoms with Gasteiger partial charge in [0.15, 0.2) is 5.03 Å². The van der Waals surface area contributed by atoms with Gasteiger partial charge in [-0.3, -0.25) is 4.79 Å². The molecule has 2 aliphatic carbocycles. The summed E-state index contributed by atoms with van der Waals surface area (Å²) in [5.41, 5.74) is 6.36. The average molecular weight is 555 g/mol. The topological polar surface area (TPSA) is 134 Å². The molecule has 2 bridgehead atoms. The van der Waals surface area contributed by atoms with Crippen LogP contribution in [-0.4, -0.2) is 37.0 Å². The fourth-order valence-electron chi connectivity index (χ4n) is 5.20. The molecule has 2 aliphatic rings. The molecule has 2 saturated carbocycles. The maximum Gasteiger partial charge on any atom is 0.281 e. The van der Waals surface area contributed by atoms with Crippen LogP contribution in [0.1, 0.15) is 49.9 Å². The van der Waals surface area contributed by atoms with Gasteiger partial charge in [0.25, 0.3) is 15.9 Å². The van der Waals surface area contributed by atoms with Gasteiger partial charge in [-0.05, 0) is 79.8 Å². The number of benzene rings is 1. The maximum absolute atomic E-state index is 14.5. The summed E-state index contributed by atoms with van der Waals surface area (Å²) < 4.78 is 54.1. The Bertz CT molecular complexity index is 1500. The lowest BCUT2D eigenvalue weighted by molar-refractivity contribution is 0.0960. The summed E-state index contributed by atoms with van der Waals surface area (Å²) in [5, 5.41) is -0.385.